The molecule has 1 aromatic heterocycles. The number of nitrogens with zero attached hydrogens (tertiary/aromatic N) is 3. The molecule has 0 radical (unpaired) electrons. The van der Waals surface area contributed by atoms with Crippen molar-refractivity contribution >= 4 is 45.0 Å². The molecule has 6 aromatic carbocycles. The summed E-state index contributed by atoms with van der Waals surface area (Å²) in [7, 11) is 0. The minimum Gasteiger partial charge on any atom is -0.306 e. The summed E-state index contributed by atoms with van der Waals surface area (Å²) in [6.07, 6.45) is -4.43. The molecule has 0 aliphatic carbocycles. The summed E-state index contributed by atoms with van der Waals surface area (Å²) in [5, 5.41) is 0.946. The molecule has 50 heavy (non-hydrogen) atoms. The van der Waals surface area contributed by atoms with Crippen LogP contribution in [0.5, 0.6) is 0 Å². The second-order valence-corrected chi connectivity index (χ2v) is 13.6. The first-order chi connectivity index (χ1) is 24.1. The second-order valence-electron chi connectivity index (χ2n) is 13.6. The fraction of sp³-hybridized carbons (Fsp3) is 0.114. The van der Waals surface area contributed by atoms with Crippen molar-refractivity contribution in [2.24, 2.45) is 0 Å². The van der Waals surface area contributed by atoms with E-state index in [0.717, 1.165) is 68.3 Å². The Kier molecular flexibility index (Phi) is 7.48. The van der Waals surface area contributed by atoms with Crippen LogP contribution in [0, 0.1) is 0 Å². The Morgan fingerprint density at radius 3 is 1.54 bits per heavy atom. The topological polar surface area (TPSA) is 19.4 Å². The number of alkyl halides is 3. The lowest BCUT2D eigenvalue weighted by molar-refractivity contribution is -0.137. The highest BCUT2D eigenvalue weighted by Gasteiger charge is 2.32. The minimum atomic E-state index is -4.43. The Hall–Kier alpha value is -5.88. The van der Waals surface area contributed by atoms with Crippen molar-refractivity contribution in [1.82, 2.24) is 4.98 Å². The highest BCUT2D eigenvalue weighted by atomic mass is 19.4. The summed E-state index contributed by atoms with van der Waals surface area (Å²) in [6, 6.07) is 49.0. The number of para-hydroxylation sites is 6. The van der Waals surface area contributed by atoms with Crippen LogP contribution in [0.2, 0.25) is 0 Å². The van der Waals surface area contributed by atoms with E-state index in [9.17, 15) is 13.2 Å². The third-order valence-electron chi connectivity index (χ3n) is 9.37. The van der Waals surface area contributed by atoms with Gasteiger partial charge < -0.3 is 9.80 Å². The number of aromatic nitrogens is 1. The van der Waals surface area contributed by atoms with E-state index in [1.165, 1.54) is 17.7 Å². The smallest absolute Gasteiger partial charge is 0.306 e. The first kappa shape index (κ1) is 31.4. The molecule has 0 N–H and O–H groups in total. The molecule has 0 unspecified atom stereocenters. The van der Waals surface area contributed by atoms with E-state index in [4.69, 9.17) is 4.98 Å². The van der Waals surface area contributed by atoms with Gasteiger partial charge in [-0.1, -0.05) is 112 Å². The highest BCUT2D eigenvalue weighted by Crippen LogP contribution is 2.55. The van der Waals surface area contributed by atoms with Crippen LogP contribution < -0.4 is 9.80 Å². The third kappa shape index (κ3) is 5.47. The molecule has 0 atom stereocenters. The van der Waals surface area contributed by atoms with Crippen LogP contribution in [0.1, 0.15) is 31.9 Å². The zero-order valence-electron chi connectivity index (χ0n) is 27.9. The van der Waals surface area contributed by atoms with E-state index < -0.39 is 11.7 Å². The van der Waals surface area contributed by atoms with E-state index >= 15 is 0 Å². The Morgan fingerprint density at radius 1 is 0.480 bits per heavy atom. The summed E-state index contributed by atoms with van der Waals surface area (Å²) < 4.78 is 40.6. The van der Waals surface area contributed by atoms with Gasteiger partial charge in [0.25, 0.3) is 0 Å². The van der Waals surface area contributed by atoms with E-state index in [1.807, 2.05) is 48.5 Å². The summed E-state index contributed by atoms with van der Waals surface area (Å²) in [5.41, 5.74) is 10.4. The number of halogens is 3. The standard InChI is InChI=1S/C44H34F3N3/c1-43(2,3)31-24-20-29(21-25-31)35-28-36(30-22-26-32(27-23-30)44(45,46)47)48-42-34(35)14-11-19-41(42)50-39-17-9-7-15-37(39)49(33-12-5-4-6-13-33)38-16-8-10-18-40(38)50/h4-28H,1-3H3. The average Bonchev–Trinajstić information content (AvgIpc) is 3.13. The number of hydrogen-bond donors (Lipinski definition) is 0. The molecule has 246 valence electrons. The Labute approximate surface area is 289 Å². The fourth-order valence-corrected chi connectivity index (χ4v) is 6.84. The summed E-state index contributed by atoms with van der Waals surface area (Å²) in [5.74, 6) is 0. The third-order valence-corrected chi connectivity index (χ3v) is 9.37. The lowest BCUT2D eigenvalue weighted by Crippen LogP contribution is -2.24. The molecule has 0 spiro atoms. The molecule has 0 saturated carbocycles. The van der Waals surface area contributed by atoms with Gasteiger partial charge in [0.2, 0.25) is 0 Å². The normalized spacial score (nSPS) is 12.9. The van der Waals surface area contributed by atoms with Crippen molar-refractivity contribution < 1.29 is 13.2 Å². The highest BCUT2D eigenvalue weighted by molar-refractivity contribution is 6.09. The van der Waals surface area contributed by atoms with Gasteiger partial charge in [-0.05, 0) is 82.8 Å². The quantitative estimate of drug-likeness (QED) is 0.187. The number of hydrogen-bond acceptors (Lipinski definition) is 3. The van der Waals surface area contributed by atoms with Gasteiger partial charge >= 0.3 is 6.18 Å². The monoisotopic (exact) mass is 661 g/mol. The Balaban J connectivity index is 1.38. The Morgan fingerprint density at radius 2 is 0.980 bits per heavy atom. The van der Waals surface area contributed by atoms with Crippen LogP contribution in [0.4, 0.5) is 47.3 Å². The van der Waals surface area contributed by atoms with Gasteiger partial charge in [-0.3, -0.25) is 0 Å². The van der Waals surface area contributed by atoms with Gasteiger partial charge in [0, 0.05) is 16.6 Å². The molecule has 1 aliphatic rings. The number of anilines is 6. The van der Waals surface area contributed by atoms with Crippen LogP contribution in [0.3, 0.4) is 0 Å². The maximum Gasteiger partial charge on any atom is 0.416 e. The maximum absolute atomic E-state index is 13.5. The van der Waals surface area contributed by atoms with E-state index in [1.54, 1.807) is 0 Å². The molecular weight excluding hydrogens is 627 g/mol. The van der Waals surface area contributed by atoms with Crippen LogP contribution in [-0.2, 0) is 11.6 Å². The molecule has 7 aromatic rings. The van der Waals surface area contributed by atoms with Crippen molar-refractivity contribution in [1.29, 1.82) is 0 Å². The lowest BCUT2D eigenvalue weighted by atomic mass is 9.86. The van der Waals surface area contributed by atoms with E-state index in [-0.39, 0.29) is 5.41 Å². The molecule has 0 fully saturated rings. The number of benzene rings is 6. The van der Waals surface area contributed by atoms with Gasteiger partial charge in [-0.2, -0.15) is 13.2 Å². The van der Waals surface area contributed by atoms with Gasteiger partial charge in [0.15, 0.2) is 0 Å². The minimum absolute atomic E-state index is 0.0138. The fourth-order valence-electron chi connectivity index (χ4n) is 6.84. The molecule has 0 saturated heterocycles. The predicted molar refractivity (Wildman–Crippen MR) is 199 cm³/mol. The van der Waals surface area contributed by atoms with Crippen molar-refractivity contribution in [3.8, 4) is 22.4 Å². The molecule has 0 bridgehead atoms. The van der Waals surface area contributed by atoms with Gasteiger partial charge in [-0.25, -0.2) is 4.98 Å². The van der Waals surface area contributed by atoms with Crippen molar-refractivity contribution in [2.45, 2.75) is 32.4 Å². The SMILES string of the molecule is CC(C)(C)c1ccc(-c2cc(-c3ccc(C(F)(F)F)cc3)nc3c(N4c5ccccc5N(c5ccccc5)c5ccccc54)cccc23)cc1. The predicted octanol–water partition coefficient (Wildman–Crippen LogP) is 13.1. The lowest BCUT2D eigenvalue weighted by Gasteiger charge is -2.40. The number of rotatable bonds is 4. The largest absolute Gasteiger partial charge is 0.416 e. The molecule has 3 nitrogen and oxygen atoms in total. The first-order valence-electron chi connectivity index (χ1n) is 16.6. The molecule has 8 rings (SSSR count). The molecule has 6 heteroatoms. The van der Waals surface area contributed by atoms with Crippen molar-refractivity contribution in [2.75, 3.05) is 9.80 Å². The molecule has 2 heterocycles. The van der Waals surface area contributed by atoms with Gasteiger partial charge in [-0.15, -0.1) is 0 Å². The first-order valence-corrected chi connectivity index (χ1v) is 16.6. The van der Waals surface area contributed by atoms with E-state index in [0.29, 0.717) is 11.3 Å². The van der Waals surface area contributed by atoms with E-state index in [2.05, 4.69) is 109 Å². The Bertz CT molecular complexity index is 2290. The summed E-state index contributed by atoms with van der Waals surface area (Å²) >= 11 is 0. The van der Waals surface area contributed by atoms with Crippen LogP contribution in [0.25, 0.3) is 33.3 Å². The zero-order valence-corrected chi connectivity index (χ0v) is 27.9. The molecular formula is C44H34F3N3. The number of fused-ring (bicyclic) bond motifs is 3. The zero-order chi connectivity index (χ0) is 34.6. The van der Waals surface area contributed by atoms with Crippen LogP contribution in [0.15, 0.2) is 152 Å². The number of pyridine rings is 1. The summed E-state index contributed by atoms with van der Waals surface area (Å²) in [6.45, 7) is 6.56. The van der Waals surface area contributed by atoms with Gasteiger partial charge in [0.05, 0.1) is 45.2 Å². The van der Waals surface area contributed by atoms with Crippen LogP contribution in [-0.4, -0.2) is 4.98 Å². The molecule has 0 amide bonds. The maximum atomic E-state index is 13.5. The average molecular weight is 662 g/mol. The van der Waals surface area contributed by atoms with Gasteiger partial charge in [0.1, 0.15) is 0 Å². The summed E-state index contributed by atoms with van der Waals surface area (Å²) in [4.78, 5) is 9.77. The van der Waals surface area contributed by atoms with Crippen LogP contribution >= 0.6 is 0 Å². The molecule has 1 aliphatic heterocycles. The van der Waals surface area contributed by atoms with Crippen molar-refractivity contribution in [3.05, 3.63) is 163 Å². The second kappa shape index (κ2) is 11.9. The van der Waals surface area contributed by atoms with Crippen molar-refractivity contribution in [3.63, 3.8) is 0 Å².